The third-order valence-electron chi connectivity index (χ3n) is 14.3. The van der Waals surface area contributed by atoms with Crippen LogP contribution in [0, 0.1) is 28.6 Å². The minimum atomic E-state index is -1.71. The Balaban J connectivity index is 1.02. The molecule has 6 fully saturated rings. The van der Waals surface area contributed by atoms with E-state index < -0.39 is 102 Å². The normalized spacial score (nSPS) is 56.6. The zero-order valence-corrected chi connectivity index (χ0v) is 28.8. The predicted octanol–water partition coefficient (Wildman–Crippen LogP) is -1.63. The second-order valence-corrected chi connectivity index (χ2v) is 16.6. The fraction of sp³-hybridized carbons (Fsp3) is 0.914. The van der Waals surface area contributed by atoms with E-state index in [0.717, 1.165) is 5.57 Å². The molecule has 0 amide bonds. The van der Waals surface area contributed by atoms with Gasteiger partial charge in [0.15, 0.2) is 12.6 Å². The summed E-state index contributed by atoms with van der Waals surface area (Å²) in [5.74, 6) is -1.11. The lowest BCUT2D eigenvalue weighted by Gasteiger charge is -2.67. The summed E-state index contributed by atoms with van der Waals surface area (Å²) in [6, 6.07) is 0. The van der Waals surface area contributed by atoms with Gasteiger partial charge in [-0.1, -0.05) is 13.8 Å². The molecule has 284 valence electrons. The number of cyclic esters (lactones) is 1. The highest BCUT2D eigenvalue weighted by molar-refractivity contribution is 5.85. The Labute approximate surface area is 290 Å². The van der Waals surface area contributed by atoms with Gasteiger partial charge >= 0.3 is 5.97 Å². The largest absolute Gasteiger partial charge is 0.458 e. The highest BCUT2D eigenvalue weighted by Gasteiger charge is 2.72. The van der Waals surface area contributed by atoms with Crippen molar-refractivity contribution in [1.29, 1.82) is 0 Å². The average molecular weight is 715 g/mol. The summed E-state index contributed by atoms with van der Waals surface area (Å²) < 4.78 is 28.5. The van der Waals surface area contributed by atoms with Crippen LogP contribution in [0.5, 0.6) is 0 Å². The van der Waals surface area contributed by atoms with Crippen molar-refractivity contribution in [2.75, 3.05) is 13.2 Å². The van der Waals surface area contributed by atoms with Crippen molar-refractivity contribution in [3.63, 3.8) is 0 Å². The van der Waals surface area contributed by atoms with Gasteiger partial charge in [-0.25, -0.2) is 4.79 Å². The molecule has 7 aliphatic rings. The average Bonchev–Trinajstić information content (AvgIpc) is 3.61. The molecule has 0 aromatic rings. The number of ether oxygens (including phenoxy) is 5. The Morgan fingerprint density at radius 3 is 2.20 bits per heavy atom. The number of carbonyl (C=O) groups excluding carboxylic acids is 1. The van der Waals surface area contributed by atoms with E-state index in [9.17, 15) is 50.8 Å². The minimum Gasteiger partial charge on any atom is -0.458 e. The summed E-state index contributed by atoms with van der Waals surface area (Å²) in [5, 5.41) is 98.9. The quantitative estimate of drug-likeness (QED) is 0.111. The van der Waals surface area contributed by atoms with Gasteiger partial charge in [-0.05, 0) is 75.2 Å². The first kappa shape index (κ1) is 37.0. The van der Waals surface area contributed by atoms with E-state index in [4.69, 9.17) is 23.7 Å². The smallest absolute Gasteiger partial charge is 0.331 e. The predicted molar refractivity (Wildman–Crippen MR) is 168 cm³/mol. The summed E-state index contributed by atoms with van der Waals surface area (Å²) in [5.41, 5.74) is -2.89. The SMILES string of the molecule is C[C@H]1O[C@@H](O[C@H]2CC[C@]3(C)[C@@H]4[C@@H](O)C[C@]5(C)[C@@H](C6=CC(=O)OC6)CC[C@]5(O)[C@H]4CC[C@]3(O)C2)[C@H](O)[C@H](O)[C@H]1O[C@H]1O[C@@H](CO)[C@H](O)[C@@H](O)[C@@H]1O. The van der Waals surface area contributed by atoms with Crippen LogP contribution in [-0.4, -0.2) is 150 Å². The molecule has 9 N–H and O–H groups in total. The molecule has 4 saturated carbocycles. The summed E-state index contributed by atoms with van der Waals surface area (Å²) in [6.45, 7) is 5.13. The second-order valence-electron chi connectivity index (χ2n) is 16.6. The number of carbonyl (C=O) groups is 1. The lowest BCUT2D eigenvalue weighted by Crippen LogP contribution is -2.71. The molecule has 19 atom stereocenters. The fourth-order valence-corrected chi connectivity index (χ4v) is 11.4. The number of esters is 1. The van der Waals surface area contributed by atoms with Gasteiger partial charge in [-0.3, -0.25) is 0 Å². The number of hydrogen-bond acceptors (Lipinski definition) is 15. The minimum absolute atomic E-state index is 0.0887. The second kappa shape index (κ2) is 12.9. The van der Waals surface area contributed by atoms with Gasteiger partial charge in [0.2, 0.25) is 0 Å². The molecule has 15 heteroatoms. The molecule has 0 unspecified atom stereocenters. The molecule has 0 radical (unpaired) electrons. The Morgan fingerprint density at radius 2 is 1.52 bits per heavy atom. The van der Waals surface area contributed by atoms with Crippen LogP contribution in [0.4, 0.5) is 0 Å². The summed E-state index contributed by atoms with van der Waals surface area (Å²) >= 11 is 0. The van der Waals surface area contributed by atoms with Crippen LogP contribution < -0.4 is 0 Å². The molecule has 3 aliphatic heterocycles. The van der Waals surface area contributed by atoms with Crippen molar-refractivity contribution in [3.05, 3.63) is 11.6 Å². The summed E-state index contributed by atoms with van der Waals surface area (Å²) in [7, 11) is 0. The van der Waals surface area contributed by atoms with Crippen LogP contribution >= 0.6 is 0 Å². The topological polar surface area (TPSA) is 245 Å². The number of hydrogen-bond donors (Lipinski definition) is 9. The van der Waals surface area contributed by atoms with E-state index in [1.165, 1.54) is 6.08 Å². The van der Waals surface area contributed by atoms with Crippen molar-refractivity contribution in [2.24, 2.45) is 28.6 Å². The van der Waals surface area contributed by atoms with Crippen LogP contribution in [0.25, 0.3) is 0 Å². The van der Waals surface area contributed by atoms with E-state index >= 15 is 0 Å². The highest BCUT2D eigenvalue weighted by atomic mass is 16.7. The van der Waals surface area contributed by atoms with E-state index in [1.54, 1.807) is 6.92 Å². The molecule has 15 nitrogen and oxygen atoms in total. The third kappa shape index (κ3) is 5.45. The van der Waals surface area contributed by atoms with E-state index in [-0.39, 0.29) is 36.8 Å². The van der Waals surface area contributed by atoms with Gasteiger partial charge in [-0.2, -0.15) is 0 Å². The number of rotatable bonds is 6. The molecule has 0 aromatic carbocycles. The van der Waals surface area contributed by atoms with Gasteiger partial charge in [0.1, 0.15) is 49.3 Å². The highest BCUT2D eigenvalue weighted by Crippen LogP contribution is 2.70. The molecule has 3 heterocycles. The standard InChI is InChI=1S/C35H54O15/c1-15-29(50-31-27(42)25(40)24(39)21(13-36)49-31)26(41)28(43)30(47-15)48-17-4-7-32(2)23-19(5-8-34(32,44)11-17)35(45)9-6-18(16-10-22(38)46-14-16)33(35,3)12-20(23)37/h10,15,17-21,23-31,36-37,39-45H,4-9,11-14H2,1-3H3/t15-,17+,18-,19+,20+,21+,23+,24+,25-,26+,27+,28-,29+,30+,31-,32-,33-,34+,35+/m1/s1. The molecule has 50 heavy (non-hydrogen) atoms. The number of aliphatic hydroxyl groups excluding tert-OH is 7. The lowest BCUT2D eigenvalue weighted by molar-refractivity contribution is -0.362. The molecule has 0 spiro atoms. The van der Waals surface area contributed by atoms with E-state index in [2.05, 4.69) is 0 Å². The molecule has 4 aliphatic carbocycles. The van der Waals surface area contributed by atoms with Gasteiger partial charge in [0, 0.05) is 23.3 Å². The maximum atomic E-state index is 12.5. The monoisotopic (exact) mass is 714 g/mol. The molecule has 2 saturated heterocycles. The van der Waals surface area contributed by atoms with E-state index in [1.807, 2.05) is 13.8 Å². The van der Waals surface area contributed by atoms with Crippen molar-refractivity contribution < 1.29 is 74.4 Å². The fourth-order valence-electron chi connectivity index (χ4n) is 11.4. The first-order valence-electron chi connectivity index (χ1n) is 18.1. The summed E-state index contributed by atoms with van der Waals surface area (Å²) in [4.78, 5) is 11.9. The Morgan fingerprint density at radius 1 is 0.820 bits per heavy atom. The number of aliphatic hydroxyl groups is 9. The van der Waals surface area contributed by atoms with Crippen LogP contribution in [-0.2, 0) is 28.5 Å². The van der Waals surface area contributed by atoms with E-state index in [0.29, 0.717) is 44.9 Å². The van der Waals surface area contributed by atoms with Crippen LogP contribution in [0.1, 0.15) is 72.1 Å². The van der Waals surface area contributed by atoms with Crippen molar-refractivity contribution in [3.8, 4) is 0 Å². The molecular weight excluding hydrogens is 660 g/mol. The Hall–Kier alpha value is -1.31. The van der Waals surface area contributed by atoms with Gasteiger partial charge in [0.05, 0.1) is 36.1 Å². The third-order valence-corrected chi connectivity index (χ3v) is 14.3. The van der Waals surface area contributed by atoms with Gasteiger partial charge < -0.3 is 69.6 Å². The van der Waals surface area contributed by atoms with Crippen LogP contribution in [0.2, 0.25) is 0 Å². The maximum absolute atomic E-state index is 12.5. The van der Waals surface area contributed by atoms with Crippen molar-refractivity contribution in [2.45, 2.75) is 157 Å². The zero-order valence-electron chi connectivity index (χ0n) is 28.8. The Bertz CT molecular complexity index is 1330. The van der Waals surface area contributed by atoms with Gasteiger partial charge in [-0.15, -0.1) is 0 Å². The van der Waals surface area contributed by atoms with Gasteiger partial charge in [0.25, 0.3) is 0 Å². The zero-order chi connectivity index (χ0) is 36.1. The maximum Gasteiger partial charge on any atom is 0.331 e. The molecule has 7 rings (SSSR count). The first-order chi connectivity index (χ1) is 23.5. The van der Waals surface area contributed by atoms with Crippen LogP contribution in [0.15, 0.2) is 11.6 Å². The van der Waals surface area contributed by atoms with Crippen LogP contribution in [0.3, 0.4) is 0 Å². The van der Waals surface area contributed by atoms with Crippen molar-refractivity contribution >= 4 is 5.97 Å². The lowest BCUT2D eigenvalue weighted by atomic mass is 9.41. The molecular formula is C35H54O15. The summed E-state index contributed by atoms with van der Waals surface area (Å²) in [6.07, 6.45) is -10.6. The first-order valence-corrected chi connectivity index (χ1v) is 18.1. The number of fused-ring (bicyclic) bond motifs is 5. The molecule has 0 bridgehead atoms. The Kier molecular flexibility index (Phi) is 9.57. The molecule has 0 aromatic heterocycles. The van der Waals surface area contributed by atoms with Crippen molar-refractivity contribution in [1.82, 2.24) is 0 Å².